The summed E-state index contributed by atoms with van der Waals surface area (Å²) in [6, 6.07) is 4.00. The van der Waals surface area contributed by atoms with Crippen molar-refractivity contribution in [1.29, 1.82) is 0 Å². The molecule has 6 nitrogen and oxygen atoms in total. The minimum Gasteiger partial charge on any atom is -0.356 e. The van der Waals surface area contributed by atoms with Crippen LogP contribution in [0.25, 0.3) is 0 Å². The molecule has 2 aromatic heterocycles. The van der Waals surface area contributed by atoms with Gasteiger partial charge in [0.15, 0.2) is 0 Å². The summed E-state index contributed by atoms with van der Waals surface area (Å²) in [6.07, 6.45) is 7.48. The van der Waals surface area contributed by atoms with E-state index in [-0.39, 0.29) is 11.3 Å². The highest BCUT2D eigenvalue weighted by Crippen LogP contribution is 2.41. The van der Waals surface area contributed by atoms with Crippen LogP contribution in [0.3, 0.4) is 0 Å². The van der Waals surface area contributed by atoms with E-state index in [1.807, 2.05) is 19.1 Å². The Balaban J connectivity index is 1.45. The molecular weight excluding hydrogens is 350 g/mol. The number of carbonyl (C=O) groups excluding carboxylic acids is 1. The Labute approximate surface area is 167 Å². The standard InChI is InChI=1S/C22H29N5O/c1-16-17(2)24-18(3)25-21(16)26-12-8-22(9-13-26)7-4-20(28)27(15-22)14-19-5-10-23-11-6-19/h5-6,10-11H,4,7-9,12-15H2,1-3H3. The molecular formula is C22H29N5O. The summed E-state index contributed by atoms with van der Waals surface area (Å²) in [4.78, 5) is 30.3. The van der Waals surface area contributed by atoms with Crippen molar-refractivity contribution >= 4 is 11.7 Å². The van der Waals surface area contributed by atoms with Gasteiger partial charge in [-0.3, -0.25) is 9.78 Å². The smallest absolute Gasteiger partial charge is 0.222 e. The second-order valence-corrected chi connectivity index (χ2v) is 8.40. The van der Waals surface area contributed by atoms with E-state index < -0.39 is 0 Å². The number of likely N-dealkylation sites (tertiary alicyclic amines) is 1. The van der Waals surface area contributed by atoms with Gasteiger partial charge in [0.25, 0.3) is 0 Å². The molecule has 0 radical (unpaired) electrons. The van der Waals surface area contributed by atoms with Crippen molar-refractivity contribution in [3.63, 3.8) is 0 Å². The summed E-state index contributed by atoms with van der Waals surface area (Å²) in [7, 11) is 0. The third-order valence-corrected chi connectivity index (χ3v) is 6.47. The Kier molecular flexibility index (Phi) is 5.04. The van der Waals surface area contributed by atoms with E-state index in [4.69, 9.17) is 4.98 Å². The number of hydrogen-bond acceptors (Lipinski definition) is 5. The van der Waals surface area contributed by atoms with Crippen molar-refractivity contribution in [2.75, 3.05) is 24.5 Å². The molecule has 2 aromatic rings. The van der Waals surface area contributed by atoms with Crippen LogP contribution >= 0.6 is 0 Å². The lowest BCUT2D eigenvalue weighted by Crippen LogP contribution is -2.51. The van der Waals surface area contributed by atoms with Gasteiger partial charge in [-0.25, -0.2) is 9.97 Å². The molecule has 1 amide bonds. The zero-order valence-electron chi connectivity index (χ0n) is 17.1. The van der Waals surface area contributed by atoms with Gasteiger partial charge in [-0.2, -0.15) is 0 Å². The van der Waals surface area contributed by atoms with E-state index in [9.17, 15) is 4.79 Å². The Morgan fingerprint density at radius 3 is 2.46 bits per heavy atom. The summed E-state index contributed by atoms with van der Waals surface area (Å²) < 4.78 is 0. The number of anilines is 1. The van der Waals surface area contributed by atoms with Gasteiger partial charge in [0, 0.05) is 56.3 Å². The number of hydrogen-bond donors (Lipinski definition) is 0. The molecule has 2 fully saturated rings. The molecule has 4 rings (SSSR count). The zero-order chi connectivity index (χ0) is 19.7. The number of carbonyl (C=O) groups is 1. The molecule has 2 saturated heterocycles. The highest BCUT2D eigenvalue weighted by atomic mass is 16.2. The van der Waals surface area contributed by atoms with Crippen molar-refractivity contribution in [2.45, 2.75) is 53.0 Å². The summed E-state index contributed by atoms with van der Waals surface area (Å²) in [5, 5.41) is 0. The second kappa shape index (κ2) is 7.49. The monoisotopic (exact) mass is 379 g/mol. The third kappa shape index (κ3) is 3.73. The van der Waals surface area contributed by atoms with Crippen molar-refractivity contribution in [3.05, 3.63) is 47.2 Å². The van der Waals surface area contributed by atoms with Crippen LogP contribution < -0.4 is 4.90 Å². The Bertz CT molecular complexity index is 859. The predicted octanol–water partition coefficient (Wildman–Crippen LogP) is 3.21. The molecule has 0 saturated carbocycles. The molecule has 0 atom stereocenters. The lowest BCUT2D eigenvalue weighted by molar-refractivity contribution is -0.139. The quantitative estimate of drug-likeness (QED) is 0.819. The van der Waals surface area contributed by atoms with Gasteiger partial charge in [-0.05, 0) is 63.1 Å². The molecule has 0 aromatic carbocycles. The van der Waals surface area contributed by atoms with E-state index in [0.717, 1.165) is 61.8 Å². The molecule has 2 aliphatic heterocycles. The Morgan fingerprint density at radius 1 is 1.04 bits per heavy atom. The van der Waals surface area contributed by atoms with Crippen LogP contribution in [0.15, 0.2) is 24.5 Å². The average molecular weight is 380 g/mol. The number of piperidine rings is 2. The van der Waals surface area contributed by atoms with Crippen LogP contribution in [0.1, 0.15) is 48.3 Å². The lowest BCUT2D eigenvalue weighted by atomic mass is 9.72. The van der Waals surface area contributed by atoms with Gasteiger partial charge >= 0.3 is 0 Å². The molecule has 148 valence electrons. The van der Waals surface area contributed by atoms with Gasteiger partial charge in [0.1, 0.15) is 11.6 Å². The molecule has 1 spiro atoms. The molecule has 0 aliphatic carbocycles. The first-order chi connectivity index (χ1) is 13.5. The Hall–Kier alpha value is -2.50. The normalized spacial score (nSPS) is 19.3. The first-order valence-electron chi connectivity index (χ1n) is 10.2. The third-order valence-electron chi connectivity index (χ3n) is 6.47. The number of nitrogens with zero attached hydrogens (tertiary/aromatic N) is 5. The summed E-state index contributed by atoms with van der Waals surface area (Å²) >= 11 is 0. The summed E-state index contributed by atoms with van der Waals surface area (Å²) in [6.45, 7) is 9.68. The van der Waals surface area contributed by atoms with Gasteiger partial charge in [-0.1, -0.05) is 0 Å². The fraction of sp³-hybridized carbons (Fsp3) is 0.545. The van der Waals surface area contributed by atoms with Crippen molar-refractivity contribution in [1.82, 2.24) is 19.9 Å². The highest BCUT2D eigenvalue weighted by molar-refractivity contribution is 5.77. The topological polar surface area (TPSA) is 62.2 Å². The van der Waals surface area contributed by atoms with Gasteiger partial charge in [0.2, 0.25) is 5.91 Å². The largest absolute Gasteiger partial charge is 0.356 e. The van der Waals surface area contributed by atoms with Gasteiger partial charge < -0.3 is 9.80 Å². The number of amides is 1. The number of pyridine rings is 1. The van der Waals surface area contributed by atoms with Crippen LogP contribution in [0, 0.1) is 26.2 Å². The highest BCUT2D eigenvalue weighted by Gasteiger charge is 2.41. The van der Waals surface area contributed by atoms with E-state index in [1.54, 1.807) is 12.4 Å². The van der Waals surface area contributed by atoms with Crippen LogP contribution in [0.5, 0.6) is 0 Å². The molecule has 2 aliphatic rings. The molecule has 0 bridgehead atoms. The minimum atomic E-state index is 0.239. The fourth-order valence-electron chi connectivity index (χ4n) is 4.61. The van der Waals surface area contributed by atoms with Crippen LogP contribution in [0.4, 0.5) is 5.82 Å². The van der Waals surface area contributed by atoms with Gasteiger partial charge in [0.05, 0.1) is 0 Å². The van der Waals surface area contributed by atoms with Crippen LogP contribution in [-0.4, -0.2) is 45.4 Å². The zero-order valence-corrected chi connectivity index (χ0v) is 17.1. The Morgan fingerprint density at radius 2 is 1.75 bits per heavy atom. The van der Waals surface area contributed by atoms with E-state index >= 15 is 0 Å². The van der Waals surface area contributed by atoms with Crippen molar-refractivity contribution < 1.29 is 4.79 Å². The van der Waals surface area contributed by atoms with E-state index in [2.05, 4.69) is 33.6 Å². The molecule has 0 unspecified atom stereocenters. The molecule has 4 heterocycles. The van der Waals surface area contributed by atoms with E-state index in [1.165, 1.54) is 5.56 Å². The summed E-state index contributed by atoms with van der Waals surface area (Å²) in [5.74, 6) is 2.20. The molecule has 0 N–H and O–H groups in total. The maximum Gasteiger partial charge on any atom is 0.222 e. The minimum absolute atomic E-state index is 0.239. The molecule has 6 heteroatoms. The fourth-order valence-corrected chi connectivity index (χ4v) is 4.61. The predicted molar refractivity (Wildman–Crippen MR) is 109 cm³/mol. The van der Waals surface area contributed by atoms with Crippen molar-refractivity contribution in [2.24, 2.45) is 5.41 Å². The maximum absolute atomic E-state index is 12.5. The number of aromatic nitrogens is 3. The lowest BCUT2D eigenvalue weighted by Gasteiger charge is -2.48. The van der Waals surface area contributed by atoms with E-state index in [0.29, 0.717) is 13.0 Å². The summed E-state index contributed by atoms with van der Waals surface area (Å²) in [5.41, 5.74) is 3.64. The number of aryl methyl sites for hydroxylation is 2. The second-order valence-electron chi connectivity index (χ2n) is 8.40. The first kappa shape index (κ1) is 18.8. The van der Waals surface area contributed by atoms with Gasteiger partial charge in [-0.15, -0.1) is 0 Å². The average Bonchev–Trinajstić information content (AvgIpc) is 2.69. The maximum atomic E-state index is 12.5. The van der Waals surface area contributed by atoms with Crippen LogP contribution in [0.2, 0.25) is 0 Å². The molecule has 28 heavy (non-hydrogen) atoms. The van der Waals surface area contributed by atoms with Crippen molar-refractivity contribution in [3.8, 4) is 0 Å². The number of rotatable bonds is 3. The SMILES string of the molecule is Cc1nc(C)c(C)c(N2CCC3(CCC(=O)N(Cc4ccncc4)C3)CC2)n1. The van der Waals surface area contributed by atoms with Crippen LogP contribution in [-0.2, 0) is 11.3 Å². The first-order valence-corrected chi connectivity index (χ1v) is 10.2.